The number of alkyl carbamates (subject to hydrolysis) is 1. The van der Waals surface area contributed by atoms with Gasteiger partial charge in [0.15, 0.2) is 0 Å². The molecule has 210 valence electrons. The molecule has 10 heteroatoms. The molecule has 4 amide bonds. The van der Waals surface area contributed by atoms with Crippen molar-refractivity contribution in [3.05, 3.63) is 36.0 Å². The van der Waals surface area contributed by atoms with Crippen molar-refractivity contribution in [1.29, 1.82) is 0 Å². The maximum atomic E-state index is 13.5. The summed E-state index contributed by atoms with van der Waals surface area (Å²) in [5.41, 5.74) is 6.48. The molecule has 38 heavy (non-hydrogen) atoms. The first kappa shape index (κ1) is 30.7. The van der Waals surface area contributed by atoms with Gasteiger partial charge in [0, 0.05) is 23.5 Å². The molecule has 0 aliphatic carbocycles. The Hall–Kier alpha value is -3.56. The highest BCUT2D eigenvalue weighted by Gasteiger charge is 2.31. The Morgan fingerprint density at radius 3 is 2.00 bits per heavy atom. The van der Waals surface area contributed by atoms with E-state index in [1.165, 1.54) is 0 Å². The van der Waals surface area contributed by atoms with E-state index in [1.807, 2.05) is 52.0 Å². The summed E-state index contributed by atoms with van der Waals surface area (Å²) >= 11 is 0. The summed E-state index contributed by atoms with van der Waals surface area (Å²) < 4.78 is 5.39. The number of nitrogens with one attached hydrogen (secondary N) is 4. The van der Waals surface area contributed by atoms with E-state index in [-0.39, 0.29) is 18.3 Å². The molecule has 10 nitrogen and oxygen atoms in total. The number of hydrogen-bond acceptors (Lipinski definition) is 5. The highest BCUT2D eigenvalue weighted by atomic mass is 16.6. The van der Waals surface area contributed by atoms with Crippen LogP contribution >= 0.6 is 0 Å². The van der Waals surface area contributed by atoms with Crippen molar-refractivity contribution in [2.75, 3.05) is 0 Å². The van der Waals surface area contributed by atoms with Crippen LogP contribution in [0.5, 0.6) is 0 Å². The molecule has 0 unspecified atom stereocenters. The van der Waals surface area contributed by atoms with E-state index in [0.717, 1.165) is 16.5 Å². The van der Waals surface area contributed by atoms with Crippen molar-refractivity contribution in [3.8, 4) is 0 Å². The van der Waals surface area contributed by atoms with Crippen molar-refractivity contribution in [2.24, 2.45) is 17.6 Å². The van der Waals surface area contributed by atoms with Gasteiger partial charge in [-0.2, -0.15) is 0 Å². The second kappa shape index (κ2) is 13.3. The van der Waals surface area contributed by atoms with Gasteiger partial charge in [-0.1, -0.05) is 45.9 Å². The SMILES string of the molecule is CC(C)C[C@@H](NC(=O)[C@@H](CC(C)C)NC(=O)[C@@H](Cc1c[nH]c2ccccc12)NC(=O)OC(C)(C)C)C(N)=O. The number of hydrogen-bond donors (Lipinski definition) is 5. The number of ether oxygens (including phenoxy) is 1. The quantitative estimate of drug-likeness (QED) is 0.286. The third-order valence-electron chi connectivity index (χ3n) is 5.81. The Labute approximate surface area is 224 Å². The first-order valence-corrected chi connectivity index (χ1v) is 13.1. The lowest BCUT2D eigenvalue weighted by atomic mass is 9.99. The summed E-state index contributed by atoms with van der Waals surface area (Å²) in [4.78, 5) is 54.5. The van der Waals surface area contributed by atoms with Crippen LogP contribution in [-0.2, 0) is 25.5 Å². The topological polar surface area (TPSA) is 155 Å². The third kappa shape index (κ3) is 9.72. The van der Waals surface area contributed by atoms with Crippen molar-refractivity contribution in [2.45, 2.75) is 91.5 Å². The highest BCUT2D eigenvalue weighted by molar-refractivity contribution is 5.94. The van der Waals surface area contributed by atoms with Gasteiger partial charge in [-0.25, -0.2) is 4.79 Å². The van der Waals surface area contributed by atoms with Crippen LogP contribution < -0.4 is 21.7 Å². The van der Waals surface area contributed by atoms with Gasteiger partial charge in [-0.3, -0.25) is 14.4 Å². The van der Waals surface area contributed by atoms with Crippen molar-refractivity contribution in [1.82, 2.24) is 20.9 Å². The van der Waals surface area contributed by atoms with Crippen LogP contribution in [0.4, 0.5) is 4.79 Å². The number of carbonyl (C=O) groups excluding carboxylic acids is 4. The number of H-pyrrole nitrogens is 1. The molecule has 3 atom stereocenters. The molecule has 0 spiro atoms. The molecule has 0 saturated carbocycles. The predicted molar refractivity (Wildman–Crippen MR) is 147 cm³/mol. The second-order valence-electron chi connectivity index (χ2n) is 11.5. The van der Waals surface area contributed by atoms with E-state index in [4.69, 9.17) is 10.5 Å². The fourth-order valence-electron chi connectivity index (χ4n) is 4.14. The first-order valence-electron chi connectivity index (χ1n) is 13.1. The van der Waals surface area contributed by atoms with Gasteiger partial charge in [-0.15, -0.1) is 0 Å². The number of carbonyl (C=O) groups is 4. The van der Waals surface area contributed by atoms with Gasteiger partial charge >= 0.3 is 6.09 Å². The lowest BCUT2D eigenvalue weighted by molar-refractivity contribution is -0.132. The maximum absolute atomic E-state index is 13.5. The summed E-state index contributed by atoms with van der Waals surface area (Å²) in [5, 5.41) is 9.07. The summed E-state index contributed by atoms with van der Waals surface area (Å²) in [5.74, 6) is -1.48. The molecule has 1 aromatic heterocycles. The summed E-state index contributed by atoms with van der Waals surface area (Å²) in [6, 6.07) is 4.85. The Morgan fingerprint density at radius 2 is 1.42 bits per heavy atom. The molecular weight excluding hydrogens is 486 g/mol. The zero-order chi connectivity index (χ0) is 28.6. The number of primary amides is 1. The molecule has 1 heterocycles. The minimum absolute atomic E-state index is 0.0639. The van der Waals surface area contributed by atoms with E-state index in [2.05, 4.69) is 20.9 Å². The Balaban J connectivity index is 2.29. The van der Waals surface area contributed by atoms with E-state index >= 15 is 0 Å². The number of amides is 4. The van der Waals surface area contributed by atoms with E-state index in [1.54, 1.807) is 27.0 Å². The normalized spacial score (nSPS) is 14.1. The molecule has 0 aliphatic heterocycles. The third-order valence-corrected chi connectivity index (χ3v) is 5.81. The second-order valence-corrected chi connectivity index (χ2v) is 11.5. The summed E-state index contributed by atoms with van der Waals surface area (Å²) in [6.45, 7) is 12.9. The van der Waals surface area contributed by atoms with Crippen molar-refractivity contribution < 1.29 is 23.9 Å². The fourth-order valence-corrected chi connectivity index (χ4v) is 4.14. The van der Waals surface area contributed by atoms with Crippen LogP contribution in [0.2, 0.25) is 0 Å². The van der Waals surface area contributed by atoms with Crippen molar-refractivity contribution >= 4 is 34.7 Å². The van der Waals surface area contributed by atoms with Gasteiger partial charge in [0.1, 0.15) is 23.7 Å². The fraction of sp³-hybridized carbons (Fsp3) is 0.571. The van der Waals surface area contributed by atoms with Gasteiger partial charge in [0.2, 0.25) is 17.7 Å². The van der Waals surface area contributed by atoms with Crippen LogP contribution in [0.15, 0.2) is 30.5 Å². The molecule has 0 aliphatic rings. The van der Waals surface area contributed by atoms with E-state index in [0.29, 0.717) is 12.8 Å². The number of nitrogens with two attached hydrogens (primary N) is 1. The molecule has 2 aromatic rings. The minimum Gasteiger partial charge on any atom is -0.444 e. The van der Waals surface area contributed by atoms with E-state index < -0.39 is 47.5 Å². The largest absolute Gasteiger partial charge is 0.444 e. The monoisotopic (exact) mass is 529 g/mol. The standard InChI is InChI=1S/C28H43N5O5/c1-16(2)12-21(24(29)34)31-25(35)22(13-17(3)4)32-26(36)23(33-27(37)38-28(5,6)7)14-18-15-30-20-11-9-8-10-19(18)20/h8-11,15-17,21-23,30H,12-14H2,1-7H3,(H2,29,34)(H,31,35)(H,32,36)(H,33,37)/t21-,22-,23-/m1/s1. The lowest BCUT2D eigenvalue weighted by Crippen LogP contribution is -2.57. The van der Waals surface area contributed by atoms with Crippen LogP contribution in [-0.4, -0.2) is 52.5 Å². The zero-order valence-corrected chi connectivity index (χ0v) is 23.5. The number of aromatic nitrogens is 1. The summed E-state index contributed by atoms with van der Waals surface area (Å²) in [6.07, 6.45) is 1.93. The molecule has 6 N–H and O–H groups in total. The van der Waals surface area contributed by atoms with Crippen LogP contribution in [0, 0.1) is 11.8 Å². The van der Waals surface area contributed by atoms with Gasteiger partial charge in [0.25, 0.3) is 0 Å². The molecule has 2 rings (SSSR count). The summed E-state index contributed by atoms with van der Waals surface area (Å²) in [7, 11) is 0. The molecular formula is C28H43N5O5. The maximum Gasteiger partial charge on any atom is 0.408 e. The first-order chi connectivity index (χ1) is 17.7. The highest BCUT2D eigenvalue weighted by Crippen LogP contribution is 2.20. The van der Waals surface area contributed by atoms with Crippen LogP contribution in [0.1, 0.15) is 66.9 Å². The average molecular weight is 530 g/mol. The number of benzene rings is 1. The Bertz CT molecular complexity index is 1120. The van der Waals surface area contributed by atoms with Gasteiger partial charge in [0.05, 0.1) is 0 Å². The smallest absolute Gasteiger partial charge is 0.408 e. The molecule has 0 bridgehead atoms. The molecule has 0 radical (unpaired) electrons. The van der Waals surface area contributed by atoms with E-state index in [9.17, 15) is 19.2 Å². The molecule has 1 aromatic carbocycles. The number of rotatable bonds is 12. The Morgan fingerprint density at radius 1 is 0.868 bits per heavy atom. The number of para-hydroxylation sites is 1. The predicted octanol–water partition coefficient (Wildman–Crippen LogP) is 3.15. The van der Waals surface area contributed by atoms with Gasteiger partial charge < -0.3 is 31.4 Å². The Kier molecular flexibility index (Phi) is 10.7. The van der Waals surface area contributed by atoms with Crippen molar-refractivity contribution in [3.63, 3.8) is 0 Å². The zero-order valence-electron chi connectivity index (χ0n) is 23.5. The van der Waals surface area contributed by atoms with Crippen LogP contribution in [0.25, 0.3) is 10.9 Å². The lowest BCUT2D eigenvalue weighted by Gasteiger charge is -2.27. The van der Waals surface area contributed by atoms with Crippen LogP contribution in [0.3, 0.4) is 0 Å². The molecule has 0 saturated heterocycles. The minimum atomic E-state index is -1.02. The number of fused-ring (bicyclic) bond motifs is 1. The van der Waals surface area contributed by atoms with Gasteiger partial charge in [-0.05, 0) is 57.1 Å². The molecule has 0 fully saturated rings. The number of aromatic amines is 1. The average Bonchev–Trinajstić information content (AvgIpc) is 3.18.